The van der Waals surface area contributed by atoms with Crippen molar-refractivity contribution >= 4 is 52.9 Å². The van der Waals surface area contributed by atoms with Crippen LogP contribution in [0.1, 0.15) is 33.2 Å². The monoisotopic (exact) mass is 671 g/mol. The first-order valence-electron chi connectivity index (χ1n) is 14.4. The largest absolute Gasteiger partial charge is 0.507 e. The minimum absolute atomic E-state index is 0.0536. The molecule has 0 bridgehead atoms. The number of carboxylic acid groups (broad SMARTS) is 1. The van der Waals surface area contributed by atoms with E-state index in [0.717, 1.165) is 4.90 Å². The number of methoxy groups -OCH3 is 3. The van der Waals surface area contributed by atoms with E-state index in [-0.39, 0.29) is 22.9 Å². The molecule has 0 aliphatic heterocycles. The third-order valence-corrected chi connectivity index (χ3v) is 7.93. The van der Waals surface area contributed by atoms with Crippen molar-refractivity contribution in [2.45, 2.75) is 17.1 Å². The molecule has 4 rings (SSSR count). The van der Waals surface area contributed by atoms with E-state index < -0.39 is 28.8 Å². The lowest BCUT2D eigenvalue weighted by atomic mass is 10.1. The molecule has 4 aromatic carbocycles. The lowest BCUT2D eigenvalue weighted by Crippen LogP contribution is -2.30. The van der Waals surface area contributed by atoms with Crippen molar-refractivity contribution in [2.24, 2.45) is 0 Å². The zero-order chi connectivity index (χ0) is 34.8. The molecule has 0 aromatic heterocycles. The van der Waals surface area contributed by atoms with E-state index in [1.54, 1.807) is 73.7 Å². The number of nitrogens with one attached hydrogen (secondary N) is 3. The molecule has 4 aromatic rings. The highest BCUT2D eigenvalue weighted by Crippen LogP contribution is 2.38. The Labute approximate surface area is 280 Å². The van der Waals surface area contributed by atoms with Crippen LogP contribution < -0.4 is 30.2 Å². The maximum Gasteiger partial charge on any atom is 0.339 e. The molecule has 5 N–H and O–H groups in total. The van der Waals surface area contributed by atoms with Crippen molar-refractivity contribution in [3.63, 3.8) is 0 Å². The Balaban J connectivity index is 1.50. The predicted molar refractivity (Wildman–Crippen MR) is 182 cm³/mol. The van der Waals surface area contributed by atoms with Gasteiger partial charge in [0.25, 0.3) is 11.8 Å². The summed E-state index contributed by atoms with van der Waals surface area (Å²) in [6.07, 6.45) is 1.48. The molecular weight excluding hydrogens is 638 g/mol. The van der Waals surface area contributed by atoms with Crippen molar-refractivity contribution in [3.05, 3.63) is 107 Å². The summed E-state index contributed by atoms with van der Waals surface area (Å²) in [6.45, 7) is 1.68. The van der Waals surface area contributed by atoms with Crippen LogP contribution in [0.2, 0.25) is 0 Å². The number of anilines is 2. The van der Waals surface area contributed by atoms with Crippen molar-refractivity contribution in [2.75, 3.05) is 32.0 Å². The first-order chi connectivity index (χ1) is 23.0. The maximum absolute atomic E-state index is 13.5. The quantitative estimate of drug-likeness (QED) is 0.0680. The lowest BCUT2D eigenvalue weighted by molar-refractivity contribution is -0.115. The number of aromatic hydroxyl groups is 1. The fraction of sp³-hybridized carbons (Fsp3) is 0.143. The van der Waals surface area contributed by atoms with Crippen LogP contribution in [-0.2, 0) is 9.59 Å². The number of ether oxygens (including phenoxy) is 3. The van der Waals surface area contributed by atoms with Gasteiger partial charge in [0.05, 0.1) is 26.6 Å². The van der Waals surface area contributed by atoms with Crippen LogP contribution in [-0.4, -0.2) is 60.5 Å². The molecule has 12 nitrogen and oxygen atoms in total. The van der Waals surface area contributed by atoms with E-state index in [0.29, 0.717) is 34.1 Å². The van der Waals surface area contributed by atoms with Crippen LogP contribution in [0, 0.1) is 0 Å². The topological polar surface area (TPSA) is 173 Å². The molecule has 0 spiro atoms. The van der Waals surface area contributed by atoms with E-state index in [9.17, 15) is 29.4 Å². The summed E-state index contributed by atoms with van der Waals surface area (Å²) in [5.74, 6) is -2.10. The lowest BCUT2D eigenvalue weighted by Gasteiger charge is -2.15. The molecule has 0 aliphatic rings. The fourth-order valence-corrected chi connectivity index (χ4v) is 5.26. The smallest absolute Gasteiger partial charge is 0.339 e. The second-order valence-electron chi connectivity index (χ2n) is 10.1. The van der Waals surface area contributed by atoms with E-state index in [4.69, 9.17) is 14.2 Å². The molecule has 0 saturated carbocycles. The predicted octanol–water partition coefficient (Wildman–Crippen LogP) is 5.65. The van der Waals surface area contributed by atoms with Gasteiger partial charge in [-0.15, -0.1) is 11.8 Å². The number of thioether (sulfide) groups is 1. The van der Waals surface area contributed by atoms with Gasteiger partial charge >= 0.3 is 5.97 Å². The van der Waals surface area contributed by atoms with Crippen LogP contribution in [0.4, 0.5) is 11.4 Å². The summed E-state index contributed by atoms with van der Waals surface area (Å²) < 4.78 is 16.2. The van der Waals surface area contributed by atoms with Crippen molar-refractivity contribution in [3.8, 4) is 23.0 Å². The molecular formula is C35H33N3O9S. The summed E-state index contributed by atoms with van der Waals surface area (Å²) in [5, 5.41) is 26.5. The van der Waals surface area contributed by atoms with Gasteiger partial charge in [-0.2, -0.15) is 0 Å². The van der Waals surface area contributed by atoms with Crippen molar-refractivity contribution in [1.29, 1.82) is 0 Å². The number of phenols is 1. The molecule has 0 fully saturated rings. The van der Waals surface area contributed by atoms with Crippen LogP contribution in [0.3, 0.4) is 0 Å². The number of carbonyl (C=O) groups is 4. The number of benzene rings is 4. The SMILES string of the molecule is COc1cc(/C=C(\NC(=O)c2ccccc2)C(=O)Nc2ccc(SC(C)C(=O)Nc3ccc(O)c(C(=O)O)c3)cc2)cc(OC)c1OC. The Bertz CT molecular complexity index is 1820. The molecule has 1 atom stereocenters. The molecule has 0 saturated heterocycles. The number of carboxylic acids is 1. The number of carbonyl (C=O) groups excluding carboxylic acids is 3. The van der Waals surface area contributed by atoms with Gasteiger partial charge in [0.1, 0.15) is 17.0 Å². The molecule has 0 aliphatic carbocycles. The highest BCUT2D eigenvalue weighted by molar-refractivity contribution is 8.00. The van der Waals surface area contributed by atoms with E-state index in [1.807, 2.05) is 0 Å². The number of rotatable bonds is 13. The average Bonchev–Trinajstić information content (AvgIpc) is 3.09. The molecule has 1 unspecified atom stereocenters. The van der Waals surface area contributed by atoms with Crippen LogP contribution in [0.5, 0.6) is 23.0 Å². The van der Waals surface area contributed by atoms with Gasteiger partial charge in [0.2, 0.25) is 11.7 Å². The Hall–Kier alpha value is -5.95. The van der Waals surface area contributed by atoms with Gasteiger partial charge in [0, 0.05) is 21.8 Å². The molecule has 0 heterocycles. The van der Waals surface area contributed by atoms with Crippen molar-refractivity contribution in [1.82, 2.24) is 5.32 Å². The molecule has 248 valence electrons. The Morgan fingerprint density at radius 2 is 1.42 bits per heavy atom. The minimum Gasteiger partial charge on any atom is -0.507 e. The molecule has 3 amide bonds. The van der Waals surface area contributed by atoms with Crippen LogP contribution in [0.15, 0.2) is 95.5 Å². The van der Waals surface area contributed by atoms with Gasteiger partial charge in [-0.25, -0.2) is 4.79 Å². The summed E-state index contributed by atoms with van der Waals surface area (Å²) in [4.78, 5) is 51.4. The average molecular weight is 672 g/mol. The maximum atomic E-state index is 13.5. The van der Waals surface area contributed by atoms with E-state index in [2.05, 4.69) is 16.0 Å². The highest BCUT2D eigenvalue weighted by Gasteiger charge is 2.19. The molecule has 13 heteroatoms. The number of hydrogen-bond donors (Lipinski definition) is 5. The van der Waals surface area contributed by atoms with E-state index >= 15 is 0 Å². The van der Waals surface area contributed by atoms with Gasteiger partial charge in [0.15, 0.2) is 11.5 Å². The third-order valence-electron chi connectivity index (χ3n) is 6.82. The Morgan fingerprint density at radius 3 is 2.00 bits per heavy atom. The summed E-state index contributed by atoms with van der Waals surface area (Å²) >= 11 is 1.24. The second kappa shape index (κ2) is 16.1. The van der Waals surface area contributed by atoms with Crippen molar-refractivity contribution < 1.29 is 43.6 Å². The first-order valence-corrected chi connectivity index (χ1v) is 15.2. The third kappa shape index (κ3) is 8.85. The second-order valence-corrected chi connectivity index (χ2v) is 11.5. The van der Waals surface area contributed by atoms with E-state index in [1.165, 1.54) is 57.4 Å². The molecule has 48 heavy (non-hydrogen) atoms. The fourth-order valence-electron chi connectivity index (χ4n) is 4.40. The zero-order valence-corrected chi connectivity index (χ0v) is 27.2. The van der Waals surface area contributed by atoms with Gasteiger partial charge in [-0.05, 0) is 85.3 Å². The normalized spacial score (nSPS) is 11.5. The number of amides is 3. The zero-order valence-electron chi connectivity index (χ0n) is 26.4. The van der Waals surface area contributed by atoms with Gasteiger partial charge < -0.3 is 40.4 Å². The highest BCUT2D eigenvalue weighted by atomic mass is 32.2. The van der Waals surface area contributed by atoms with Crippen LogP contribution >= 0.6 is 11.8 Å². The van der Waals surface area contributed by atoms with Gasteiger partial charge in [-0.1, -0.05) is 18.2 Å². The summed E-state index contributed by atoms with van der Waals surface area (Å²) in [5.41, 5.74) is 1.13. The Kier molecular flexibility index (Phi) is 11.7. The number of hydrogen-bond acceptors (Lipinski definition) is 9. The molecule has 0 radical (unpaired) electrons. The minimum atomic E-state index is -1.32. The standard InChI is InChI=1S/C35H33N3O9S/c1-20(32(40)37-24-12-15-28(39)26(19-24)35(43)44)48-25-13-10-23(11-14-25)36-34(42)27(38-33(41)22-8-6-5-7-9-22)16-21-17-29(45-2)31(47-4)30(18-21)46-3/h5-20,39H,1-4H3,(H,36,42)(H,37,40)(H,38,41)(H,43,44)/b27-16-. The van der Waals surface area contributed by atoms with Gasteiger partial charge in [-0.3, -0.25) is 14.4 Å². The van der Waals surface area contributed by atoms with Crippen LogP contribution in [0.25, 0.3) is 6.08 Å². The Morgan fingerprint density at radius 1 is 0.792 bits per heavy atom. The summed E-state index contributed by atoms with van der Waals surface area (Å²) in [6, 6.07) is 22.3. The summed E-state index contributed by atoms with van der Waals surface area (Å²) in [7, 11) is 4.42. The first kappa shape index (κ1) is 34.9. The number of aromatic carboxylic acids is 1.